The Balaban J connectivity index is 2.19. The second kappa shape index (κ2) is 5.00. The summed E-state index contributed by atoms with van der Waals surface area (Å²) < 4.78 is 16.0. The number of ketones is 1. The number of allylic oxidation sites excluding steroid dienone is 1. The Labute approximate surface area is 106 Å². The average molecular weight is 249 g/mol. The quantitative estimate of drug-likeness (QED) is 0.601. The van der Waals surface area contributed by atoms with Gasteiger partial charge < -0.3 is 19.1 Å². The number of Topliss-reactive ketones (excluding diaryl/α,β-unsaturated/α-hetero) is 1. The van der Waals surface area contributed by atoms with Crippen molar-refractivity contribution in [3.63, 3.8) is 0 Å². The monoisotopic (exact) mass is 249 g/mol. The molecule has 1 aliphatic heterocycles. The van der Waals surface area contributed by atoms with E-state index in [9.17, 15) is 4.79 Å². The van der Waals surface area contributed by atoms with Crippen LogP contribution < -0.4 is 14.2 Å². The molecule has 0 saturated carbocycles. The Morgan fingerprint density at radius 3 is 2.72 bits per heavy atom. The summed E-state index contributed by atoms with van der Waals surface area (Å²) in [5.74, 6) is 1.99. The van der Waals surface area contributed by atoms with Gasteiger partial charge in [0.15, 0.2) is 23.0 Å². The Hall–Kier alpha value is -2.17. The van der Waals surface area contributed by atoms with Crippen LogP contribution in [0.5, 0.6) is 17.2 Å². The number of carbonyl (C=O) groups excluding carboxylic acids is 1. The van der Waals surface area contributed by atoms with Crippen molar-refractivity contribution in [2.24, 2.45) is 0 Å². The summed E-state index contributed by atoms with van der Waals surface area (Å²) in [5, 5.41) is 0. The zero-order chi connectivity index (χ0) is 13.1. The Morgan fingerprint density at radius 1 is 1.33 bits per heavy atom. The zero-order valence-electron chi connectivity index (χ0n) is 10.6. The van der Waals surface area contributed by atoms with Gasteiger partial charge in [-0.25, -0.2) is 0 Å². The van der Waals surface area contributed by atoms with E-state index in [0.29, 0.717) is 17.2 Å². The Bertz CT molecular complexity index is 494. The highest BCUT2D eigenvalue weighted by atomic mass is 16.7. The molecule has 2 rings (SSSR count). The van der Waals surface area contributed by atoms with Crippen LogP contribution in [0, 0.1) is 0 Å². The van der Waals surface area contributed by atoms with Gasteiger partial charge in [0, 0.05) is 33.3 Å². The van der Waals surface area contributed by atoms with E-state index >= 15 is 0 Å². The lowest BCUT2D eigenvalue weighted by molar-refractivity contribution is -0.115. The van der Waals surface area contributed by atoms with Gasteiger partial charge in [-0.15, -0.1) is 0 Å². The molecule has 1 aliphatic rings. The topological polar surface area (TPSA) is 48.0 Å². The van der Waals surface area contributed by atoms with Crippen molar-refractivity contribution in [1.82, 2.24) is 4.90 Å². The molecule has 1 heterocycles. The molecule has 96 valence electrons. The van der Waals surface area contributed by atoms with Gasteiger partial charge in [0.1, 0.15) is 5.75 Å². The average Bonchev–Trinajstić information content (AvgIpc) is 2.74. The molecule has 5 heteroatoms. The number of hydrogen-bond donors (Lipinski definition) is 0. The normalized spacial score (nSPS) is 13.4. The number of rotatable bonds is 4. The molecule has 18 heavy (non-hydrogen) atoms. The fourth-order valence-corrected chi connectivity index (χ4v) is 1.49. The first-order valence-corrected chi connectivity index (χ1v) is 5.53. The molecule has 0 saturated heterocycles. The molecule has 0 bridgehead atoms. The molecular weight excluding hydrogens is 234 g/mol. The number of carbonyl (C=O) groups is 1. The lowest BCUT2D eigenvalue weighted by Gasteiger charge is -2.11. The largest absolute Gasteiger partial charge is 0.454 e. The molecule has 5 nitrogen and oxygen atoms in total. The standard InChI is InChI=1S/C13H15NO4/c1-9(15)13(7-14(2)3)18-10-4-5-11-12(6-10)17-8-16-11/h4-7H,8H2,1-3H3/b13-7-. The Morgan fingerprint density at radius 2 is 2.06 bits per heavy atom. The van der Waals surface area contributed by atoms with E-state index < -0.39 is 0 Å². The van der Waals surface area contributed by atoms with Crippen molar-refractivity contribution >= 4 is 5.78 Å². The predicted octanol–water partition coefficient (Wildman–Crippen LogP) is 1.79. The van der Waals surface area contributed by atoms with Crippen molar-refractivity contribution in [3.05, 3.63) is 30.2 Å². The molecule has 0 unspecified atom stereocenters. The highest BCUT2D eigenvalue weighted by Crippen LogP contribution is 2.35. The summed E-state index contributed by atoms with van der Waals surface area (Å²) in [4.78, 5) is 13.2. The number of fused-ring (bicyclic) bond motifs is 1. The van der Waals surface area contributed by atoms with Crippen LogP contribution in [0.4, 0.5) is 0 Å². The number of nitrogens with zero attached hydrogens (tertiary/aromatic N) is 1. The summed E-state index contributed by atoms with van der Waals surface area (Å²) in [5.41, 5.74) is 0. The summed E-state index contributed by atoms with van der Waals surface area (Å²) in [6.45, 7) is 1.67. The van der Waals surface area contributed by atoms with Gasteiger partial charge >= 0.3 is 0 Å². The minimum atomic E-state index is -0.138. The SMILES string of the molecule is CC(=O)/C(=C/N(C)C)Oc1ccc2c(c1)OCO2. The molecule has 0 fully saturated rings. The van der Waals surface area contributed by atoms with E-state index in [1.807, 2.05) is 14.1 Å². The van der Waals surface area contributed by atoms with Crippen LogP contribution in [0.1, 0.15) is 6.92 Å². The van der Waals surface area contributed by atoms with E-state index in [4.69, 9.17) is 14.2 Å². The lowest BCUT2D eigenvalue weighted by Crippen LogP contribution is -2.11. The first-order chi connectivity index (χ1) is 8.56. The van der Waals surface area contributed by atoms with Crippen molar-refractivity contribution in [2.45, 2.75) is 6.92 Å². The third-order valence-corrected chi connectivity index (χ3v) is 2.29. The van der Waals surface area contributed by atoms with Crippen LogP contribution in [0.2, 0.25) is 0 Å². The van der Waals surface area contributed by atoms with Crippen molar-refractivity contribution in [2.75, 3.05) is 20.9 Å². The molecule has 0 radical (unpaired) electrons. The second-order valence-corrected chi connectivity index (χ2v) is 4.13. The lowest BCUT2D eigenvalue weighted by atomic mass is 10.3. The van der Waals surface area contributed by atoms with E-state index in [2.05, 4.69) is 0 Å². The fourth-order valence-electron chi connectivity index (χ4n) is 1.49. The second-order valence-electron chi connectivity index (χ2n) is 4.13. The highest BCUT2D eigenvalue weighted by Gasteiger charge is 2.15. The third kappa shape index (κ3) is 2.74. The predicted molar refractivity (Wildman–Crippen MR) is 65.6 cm³/mol. The van der Waals surface area contributed by atoms with Crippen LogP contribution in [0.25, 0.3) is 0 Å². The zero-order valence-corrected chi connectivity index (χ0v) is 10.6. The third-order valence-electron chi connectivity index (χ3n) is 2.29. The Kier molecular flexibility index (Phi) is 3.41. The summed E-state index contributed by atoms with van der Waals surface area (Å²) in [6.07, 6.45) is 1.63. The number of ether oxygens (including phenoxy) is 3. The van der Waals surface area contributed by atoms with E-state index in [-0.39, 0.29) is 18.3 Å². The van der Waals surface area contributed by atoms with E-state index in [0.717, 1.165) is 0 Å². The van der Waals surface area contributed by atoms with Crippen LogP contribution in [0.3, 0.4) is 0 Å². The van der Waals surface area contributed by atoms with Gasteiger partial charge in [0.2, 0.25) is 6.79 Å². The smallest absolute Gasteiger partial charge is 0.231 e. The molecule has 0 atom stereocenters. The molecule has 0 amide bonds. The molecule has 0 spiro atoms. The number of benzene rings is 1. The van der Waals surface area contributed by atoms with Crippen molar-refractivity contribution in [3.8, 4) is 17.2 Å². The van der Waals surface area contributed by atoms with Gasteiger partial charge in [0.25, 0.3) is 0 Å². The van der Waals surface area contributed by atoms with Crippen molar-refractivity contribution < 1.29 is 19.0 Å². The first kappa shape index (κ1) is 12.3. The van der Waals surface area contributed by atoms with Crippen LogP contribution in [-0.2, 0) is 4.79 Å². The fraction of sp³-hybridized carbons (Fsp3) is 0.308. The maximum atomic E-state index is 11.4. The van der Waals surface area contributed by atoms with Gasteiger partial charge in [-0.1, -0.05) is 0 Å². The minimum absolute atomic E-state index is 0.138. The van der Waals surface area contributed by atoms with Gasteiger partial charge in [-0.2, -0.15) is 0 Å². The van der Waals surface area contributed by atoms with Crippen LogP contribution in [-0.4, -0.2) is 31.6 Å². The molecule has 0 N–H and O–H groups in total. The van der Waals surface area contributed by atoms with E-state index in [1.165, 1.54) is 6.92 Å². The van der Waals surface area contributed by atoms with Crippen molar-refractivity contribution in [1.29, 1.82) is 0 Å². The molecule has 0 aromatic heterocycles. The first-order valence-electron chi connectivity index (χ1n) is 5.53. The maximum Gasteiger partial charge on any atom is 0.231 e. The summed E-state index contributed by atoms with van der Waals surface area (Å²) in [6, 6.07) is 5.19. The minimum Gasteiger partial charge on any atom is -0.454 e. The molecule has 1 aromatic carbocycles. The van der Waals surface area contributed by atoms with Gasteiger partial charge in [0.05, 0.1) is 0 Å². The van der Waals surface area contributed by atoms with Gasteiger partial charge in [-0.05, 0) is 12.1 Å². The van der Waals surface area contributed by atoms with Crippen LogP contribution in [0.15, 0.2) is 30.2 Å². The maximum absolute atomic E-state index is 11.4. The van der Waals surface area contributed by atoms with Crippen LogP contribution >= 0.6 is 0 Å². The van der Waals surface area contributed by atoms with E-state index in [1.54, 1.807) is 29.3 Å². The molecule has 0 aliphatic carbocycles. The number of hydrogen-bond acceptors (Lipinski definition) is 5. The molecule has 1 aromatic rings. The summed E-state index contributed by atoms with van der Waals surface area (Å²) in [7, 11) is 3.65. The highest BCUT2D eigenvalue weighted by molar-refractivity contribution is 5.91. The van der Waals surface area contributed by atoms with Gasteiger partial charge in [-0.3, -0.25) is 4.79 Å². The molecular formula is C13H15NO4. The summed E-state index contributed by atoms with van der Waals surface area (Å²) >= 11 is 0.